The molecule has 1 aromatic carbocycles. The first-order valence-corrected chi connectivity index (χ1v) is 4.78. The predicted octanol–water partition coefficient (Wildman–Crippen LogP) is 0.457. The predicted molar refractivity (Wildman–Crippen MR) is 59.4 cm³/mol. The molecule has 0 radical (unpaired) electrons. The number of nitro benzene ring substituents is 1. The van der Waals surface area contributed by atoms with E-state index in [0.717, 1.165) is 11.0 Å². The largest absolute Gasteiger partial charge is 0.502 e. The number of phenolic OH excluding ortho intramolecular Hbond substituents is 1. The Hall–Kier alpha value is -2.64. The number of aromatic hydroxyl groups is 1. The molecule has 0 saturated carbocycles. The van der Waals surface area contributed by atoms with E-state index in [0.29, 0.717) is 0 Å². The van der Waals surface area contributed by atoms with E-state index in [4.69, 9.17) is 5.11 Å². The minimum Gasteiger partial charge on any atom is -0.502 e. The van der Waals surface area contributed by atoms with Crippen LogP contribution in [0.1, 0.15) is 10.4 Å². The molecule has 8 nitrogen and oxygen atoms in total. The number of aliphatic carboxylic acids is 1. The van der Waals surface area contributed by atoms with Crippen molar-refractivity contribution in [2.24, 2.45) is 0 Å². The first-order chi connectivity index (χ1) is 8.34. The second-order valence-corrected chi connectivity index (χ2v) is 3.49. The molecule has 0 fully saturated rings. The number of carbonyl (C=O) groups excluding carboxylic acids is 1. The van der Waals surface area contributed by atoms with Crippen LogP contribution >= 0.6 is 0 Å². The molecule has 18 heavy (non-hydrogen) atoms. The highest BCUT2D eigenvalue weighted by molar-refractivity contribution is 5.99. The Morgan fingerprint density at radius 3 is 2.56 bits per heavy atom. The van der Waals surface area contributed by atoms with Crippen molar-refractivity contribution in [3.8, 4) is 5.75 Å². The summed E-state index contributed by atoms with van der Waals surface area (Å²) >= 11 is 0. The fourth-order valence-corrected chi connectivity index (χ4v) is 1.33. The highest BCUT2D eigenvalue weighted by atomic mass is 16.6. The maximum Gasteiger partial charge on any atom is 0.323 e. The molecule has 1 rings (SSSR count). The lowest BCUT2D eigenvalue weighted by Gasteiger charge is -2.14. The van der Waals surface area contributed by atoms with Crippen LogP contribution in [-0.4, -0.2) is 45.5 Å². The number of nitro groups is 1. The van der Waals surface area contributed by atoms with Gasteiger partial charge in [-0.25, -0.2) is 0 Å². The topological polar surface area (TPSA) is 121 Å². The normalized spacial score (nSPS) is 9.83. The van der Waals surface area contributed by atoms with E-state index in [-0.39, 0.29) is 5.56 Å². The van der Waals surface area contributed by atoms with E-state index in [2.05, 4.69) is 0 Å². The lowest BCUT2D eigenvalue weighted by atomic mass is 10.1. The zero-order chi connectivity index (χ0) is 13.9. The van der Waals surface area contributed by atoms with Gasteiger partial charge >= 0.3 is 11.7 Å². The molecule has 8 heteroatoms. The van der Waals surface area contributed by atoms with Gasteiger partial charge in [0.15, 0.2) is 0 Å². The van der Waals surface area contributed by atoms with E-state index in [1.54, 1.807) is 0 Å². The lowest BCUT2D eigenvalue weighted by Crippen LogP contribution is -2.32. The number of amides is 1. The fourth-order valence-electron chi connectivity index (χ4n) is 1.33. The average molecular weight is 254 g/mol. The molecule has 0 saturated heterocycles. The van der Waals surface area contributed by atoms with E-state index in [1.165, 1.54) is 19.2 Å². The second-order valence-electron chi connectivity index (χ2n) is 3.49. The number of carboxylic acids is 1. The molecule has 0 atom stereocenters. The lowest BCUT2D eigenvalue weighted by molar-refractivity contribution is -0.385. The number of likely N-dealkylation sites (N-methyl/N-ethyl adjacent to an activating group) is 1. The van der Waals surface area contributed by atoms with E-state index in [9.17, 15) is 24.8 Å². The molecule has 0 aliphatic heterocycles. The molecular formula is C10H10N2O6. The summed E-state index contributed by atoms with van der Waals surface area (Å²) in [6.07, 6.45) is 0. The van der Waals surface area contributed by atoms with E-state index in [1.807, 2.05) is 0 Å². The number of para-hydroxylation sites is 1. The van der Waals surface area contributed by atoms with Crippen molar-refractivity contribution in [3.05, 3.63) is 33.9 Å². The van der Waals surface area contributed by atoms with Crippen LogP contribution in [0.15, 0.2) is 18.2 Å². The molecule has 0 bridgehead atoms. The van der Waals surface area contributed by atoms with Crippen molar-refractivity contribution in [1.29, 1.82) is 0 Å². The van der Waals surface area contributed by atoms with E-state index >= 15 is 0 Å². The third kappa shape index (κ3) is 2.73. The summed E-state index contributed by atoms with van der Waals surface area (Å²) in [5.74, 6) is -2.81. The molecule has 1 aromatic rings. The Kier molecular flexibility index (Phi) is 3.82. The van der Waals surface area contributed by atoms with Crippen molar-refractivity contribution in [1.82, 2.24) is 4.90 Å². The molecular weight excluding hydrogens is 244 g/mol. The minimum absolute atomic E-state index is 0.312. The van der Waals surface area contributed by atoms with Crippen LogP contribution in [0.25, 0.3) is 0 Å². The van der Waals surface area contributed by atoms with Crippen molar-refractivity contribution in [2.45, 2.75) is 0 Å². The molecule has 0 aliphatic rings. The highest BCUT2D eigenvalue weighted by Gasteiger charge is 2.23. The van der Waals surface area contributed by atoms with Gasteiger partial charge in [-0.1, -0.05) is 6.07 Å². The Bertz CT molecular complexity index is 513. The number of hydrogen-bond donors (Lipinski definition) is 2. The minimum atomic E-state index is -1.23. The summed E-state index contributed by atoms with van der Waals surface area (Å²) in [5, 5.41) is 28.7. The SMILES string of the molecule is CN(CC(=O)O)C(=O)c1cccc([N+](=O)[O-])c1O. The smallest absolute Gasteiger partial charge is 0.323 e. The Balaban J connectivity index is 3.10. The highest BCUT2D eigenvalue weighted by Crippen LogP contribution is 2.29. The second kappa shape index (κ2) is 5.13. The molecule has 0 unspecified atom stereocenters. The van der Waals surface area contributed by atoms with Gasteiger partial charge in [0.25, 0.3) is 5.91 Å². The standard InChI is InChI=1S/C10H10N2O6/c1-11(5-8(13)14)10(16)6-3-2-4-7(9(6)15)12(17)18/h2-4,15H,5H2,1H3,(H,13,14). The molecule has 0 heterocycles. The van der Waals surface area contributed by atoms with Crippen LogP contribution in [0.2, 0.25) is 0 Å². The van der Waals surface area contributed by atoms with Gasteiger partial charge in [0.05, 0.1) is 10.5 Å². The Labute approximate surface area is 101 Å². The number of phenols is 1. The van der Waals surface area contributed by atoms with Crippen molar-refractivity contribution >= 4 is 17.6 Å². The molecule has 96 valence electrons. The quantitative estimate of drug-likeness (QED) is 0.594. The number of carboxylic acid groups (broad SMARTS) is 1. The summed E-state index contributed by atoms with van der Waals surface area (Å²) in [5.41, 5.74) is -0.919. The monoisotopic (exact) mass is 254 g/mol. The molecule has 2 N–H and O–H groups in total. The average Bonchev–Trinajstić information content (AvgIpc) is 2.27. The Morgan fingerprint density at radius 2 is 2.06 bits per heavy atom. The number of hydrogen-bond acceptors (Lipinski definition) is 5. The van der Waals surface area contributed by atoms with Crippen LogP contribution in [0.5, 0.6) is 5.75 Å². The zero-order valence-corrected chi connectivity index (χ0v) is 9.36. The van der Waals surface area contributed by atoms with Gasteiger partial charge in [-0.3, -0.25) is 19.7 Å². The maximum atomic E-state index is 11.8. The van der Waals surface area contributed by atoms with Gasteiger partial charge in [0.1, 0.15) is 6.54 Å². The molecule has 0 aliphatic carbocycles. The zero-order valence-electron chi connectivity index (χ0n) is 9.36. The molecule has 0 spiro atoms. The number of carbonyl (C=O) groups is 2. The van der Waals surface area contributed by atoms with Crippen LogP contribution in [0.3, 0.4) is 0 Å². The van der Waals surface area contributed by atoms with Crippen LogP contribution < -0.4 is 0 Å². The summed E-state index contributed by atoms with van der Waals surface area (Å²) in [4.78, 5) is 32.8. The number of benzene rings is 1. The van der Waals surface area contributed by atoms with Crippen LogP contribution in [0, 0.1) is 10.1 Å². The number of nitrogens with zero attached hydrogens (tertiary/aromatic N) is 2. The first kappa shape index (κ1) is 13.4. The number of rotatable bonds is 4. The third-order valence-electron chi connectivity index (χ3n) is 2.16. The van der Waals surface area contributed by atoms with Crippen molar-refractivity contribution in [2.75, 3.05) is 13.6 Å². The maximum absolute atomic E-state index is 11.8. The van der Waals surface area contributed by atoms with Crippen molar-refractivity contribution in [3.63, 3.8) is 0 Å². The third-order valence-corrected chi connectivity index (χ3v) is 2.16. The summed E-state index contributed by atoms with van der Waals surface area (Å²) in [6.45, 7) is -0.568. The Morgan fingerprint density at radius 1 is 1.44 bits per heavy atom. The van der Waals surface area contributed by atoms with Gasteiger partial charge in [0.2, 0.25) is 5.75 Å². The fraction of sp³-hybridized carbons (Fsp3) is 0.200. The van der Waals surface area contributed by atoms with Gasteiger partial charge in [-0.15, -0.1) is 0 Å². The van der Waals surface area contributed by atoms with Crippen LogP contribution in [0.4, 0.5) is 5.69 Å². The van der Waals surface area contributed by atoms with Crippen molar-refractivity contribution < 1.29 is 24.7 Å². The molecule has 0 aromatic heterocycles. The van der Waals surface area contributed by atoms with Gasteiger partial charge < -0.3 is 15.1 Å². The summed E-state index contributed by atoms with van der Waals surface area (Å²) in [7, 11) is 1.22. The van der Waals surface area contributed by atoms with Gasteiger partial charge in [-0.2, -0.15) is 0 Å². The van der Waals surface area contributed by atoms with Crippen LogP contribution in [-0.2, 0) is 4.79 Å². The summed E-state index contributed by atoms with van der Waals surface area (Å²) < 4.78 is 0. The van der Waals surface area contributed by atoms with Gasteiger partial charge in [0, 0.05) is 13.1 Å². The summed E-state index contributed by atoms with van der Waals surface area (Å²) in [6, 6.07) is 3.46. The first-order valence-electron chi connectivity index (χ1n) is 4.78. The van der Waals surface area contributed by atoms with Gasteiger partial charge in [-0.05, 0) is 6.07 Å². The molecule has 1 amide bonds. The van der Waals surface area contributed by atoms with E-state index < -0.39 is 34.8 Å².